The third-order valence-corrected chi connectivity index (χ3v) is 6.06. The summed E-state index contributed by atoms with van der Waals surface area (Å²) in [5, 5.41) is 0. The van der Waals surface area contributed by atoms with Crippen molar-refractivity contribution in [1.82, 2.24) is 0 Å². The number of sulfone groups is 1. The van der Waals surface area contributed by atoms with Crippen LogP contribution in [0.15, 0.2) is 29.2 Å². The molecule has 0 amide bonds. The van der Waals surface area contributed by atoms with Crippen molar-refractivity contribution in [3.05, 3.63) is 50.7 Å². The predicted octanol–water partition coefficient (Wildman–Crippen LogP) is 3.64. The van der Waals surface area contributed by atoms with Crippen LogP contribution in [-0.4, -0.2) is 20.0 Å². The van der Waals surface area contributed by atoms with Crippen molar-refractivity contribution in [2.24, 2.45) is 0 Å². The van der Waals surface area contributed by atoms with E-state index in [1.165, 1.54) is 11.3 Å². The van der Waals surface area contributed by atoms with Crippen molar-refractivity contribution >= 4 is 27.0 Å². The van der Waals surface area contributed by atoms with Crippen LogP contribution in [0.1, 0.15) is 31.2 Å². The van der Waals surface area contributed by atoms with E-state index in [4.69, 9.17) is 0 Å². The molecule has 0 radical (unpaired) electrons. The zero-order chi connectivity index (χ0) is 15.8. The summed E-state index contributed by atoms with van der Waals surface area (Å²) in [6.07, 6.45) is 0. The van der Waals surface area contributed by atoms with Crippen LogP contribution >= 0.6 is 11.3 Å². The van der Waals surface area contributed by atoms with Crippen molar-refractivity contribution in [2.45, 2.75) is 32.6 Å². The number of carbonyl (C=O) groups is 1. The molecule has 112 valence electrons. The topological polar surface area (TPSA) is 51.2 Å². The fourth-order valence-electron chi connectivity index (χ4n) is 2.38. The van der Waals surface area contributed by atoms with Crippen molar-refractivity contribution in [3.8, 4) is 0 Å². The average Bonchev–Trinajstić information content (AvgIpc) is 2.67. The number of hydrogen-bond donors (Lipinski definition) is 0. The molecule has 2 rings (SSSR count). The Balaban J connectivity index is 2.33. The number of hydrogen-bond acceptors (Lipinski definition) is 4. The third kappa shape index (κ3) is 3.41. The van der Waals surface area contributed by atoms with Gasteiger partial charge in [-0.1, -0.05) is 17.7 Å². The number of thiophene rings is 1. The van der Waals surface area contributed by atoms with E-state index >= 15 is 0 Å². The number of Topliss-reactive ketones (excluding diaryl/α,β-unsaturated/α-hetero) is 1. The Kier molecular flexibility index (Phi) is 4.35. The number of benzene rings is 1. The van der Waals surface area contributed by atoms with E-state index in [9.17, 15) is 13.2 Å². The zero-order valence-electron chi connectivity index (χ0n) is 12.6. The summed E-state index contributed by atoms with van der Waals surface area (Å²) in [6, 6.07) is 6.92. The van der Waals surface area contributed by atoms with Crippen LogP contribution < -0.4 is 0 Å². The third-order valence-electron chi connectivity index (χ3n) is 3.33. The number of rotatable bonds is 4. The van der Waals surface area contributed by atoms with E-state index in [0.29, 0.717) is 11.1 Å². The first-order valence-corrected chi connectivity index (χ1v) is 9.08. The molecule has 0 spiro atoms. The van der Waals surface area contributed by atoms with E-state index in [0.717, 1.165) is 15.3 Å². The van der Waals surface area contributed by atoms with Crippen molar-refractivity contribution in [3.63, 3.8) is 0 Å². The Hall–Kier alpha value is -1.46. The summed E-state index contributed by atoms with van der Waals surface area (Å²) in [5.41, 5.74) is 2.20. The Morgan fingerprint density at radius 3 is 2.29 bits per heavy atom. The maximum atomic E-state index is 12.4. The number of ketones is 1. The van der Waals surface area contributed by atoms with Gasteiger partial charge < -0.3 is 0 Å². The highest BCUT2D eigenvalue weighted by Crippen LogP contribution is 2.23. The summed E-state index contributed by atoms with van der Waals surface area (Å²) >= 11 is 1.51. The molecule has 0 N–H and O–H groups in total. The van der Waals surface area contributed by atoms with Gasteiger partial charge in [-0.25, -0.2) is 8.42 Å². The first kappa shape index (κ1) is 15.9. The molecule has 1 heterocycles. The Bertz CT molecular complexity index is 799. The van der Waals surface area contributed by atoms with Gasteiger partial charge in [0.1, 0.15) is 5.75 Å². The highest BCUT2D eigenvalue weighted by Gasteiger charge is 2.23. The van der Waals surface area contributed by atoms with Crippen LogP contribution in [0.3, 0.4) is 0 Å². The van der Waals surface area contributed by atoms with Gasteiger partial charge in [0.15, 0.2) is 15.6 Å². The van der Waals surface area contributed by atoms with Crippen molar-refractivity contribution in [1.29, 1.82) is 0 Å². The maximum Gasteiger partial charge on any atom is 0.186 e. The standard InChI is InChI=1S/C16H18O3S2/c1-10-5-6-16(11(2)7-10)21(18,19)9-15(17)14-8-12(3)20-13(14)4/h5-8H,9H2,1-4H3. The van der Waals surface area contributed by atoms with Crippen molar-refractivity contribution < 1.29 is 13.2 Å². The number of aryl methyl sites for hydroxylation is 4. The summed E-state index contributed by atoms with van der Waals surface area (Å²) in [7, 11) is -3.61. The van der Waals surface area contributed by atoms with E-state index in [2.05, 4.69) is 0 Å². The Labute approximate surface area is 129 Å². The van der Waals surface area contributed by atoms with Crippen LogP contribution in [0.5, 0.6) is 0 Å². The zero-order valence-corrected chi connectivity index (χ0v) is 14.2. The molecular formula is C16H18O3S2. The van der Waals surface area contributed by atoms with Crippen LogP contribution in [0, 0.1) is 27.7 Å². The second-order valence-corrected chi connectivity index (χ2v) is 8.70. The molecule has 0 atom stereocenters. The molecule has 2 aromatic rings. The fourth-order valence-corrected chi connectivity index (χ4v) is 4.81. The van der Waals surface area contributed by atoms with Crippen LogP contribution in [-0.2, 0) is 9.84 Å². The molecule has 21 heavy (non-hydrogen) atoms. The normalized spacial score (nSPS) is 11.6. The van der Waals surface area contributed by atoms with Crippen LogP contribution in [0.4, 0.5) is 0 Å². The molecule has 0 aliphatic carbocycles. The predicted molar refractivity (Wildman–Crippen MR) is 86.1 cm³/mol. The largest absolute Gasteiger partial charge is 0.293 e. The highest BCUT2D eigenvalue weighted by molar-refractivity contribution is 7.92. The smallest absolute Gasteiger partial charge is 0.186 e. The molecule has 0 aliphatic rings. The molecule has 0 unspecified atom stereocenters. The van der Waals surface area contributed by atoms with Gasteiger partial charge in [0.25, 0.3) is 0 Å². The minimum atomic E-state index is -3.61. The van der Waals surface area contributed by atoms with Crippen molar-refractivity contribution in [2.75, 3.05) is 5.75 Å². The van der Waals surface area contributed by atoms with Gasteiger partial charge in [0, 0.05) is 15.3 Å². The first-order chi connectivity index (χ1) is 9.70. The first-order valence-electron chi connectivity index (χ1n) is 6.61. The maximum absolute atomic E-state index is 12.4. The lowest BCUT2D eigenvalue weighted by Gasteiger charge is -2.08. The Morgan fingerprint density at radius 1 is 1.10 bits per heavy atom. The second-order valence-electron chi connectivity index (χ2n) is 5.28. The molecule has 0 aliphatic heterocycles. The summed E-state index contributed by atoms with van der Waals surface area (Å²) < 4.78 is 24.9. The van der Waals surface area contributed by atoms with Gasteiger partial charge in [0.05, 0.1) is 4.90 Å². The van der Waals surface area contributed by atoms with Crippen LogP contribution in [0.2, 0.25) is 0 Å². The summed E-state index contributed by atoms with van der Waals surface area (Å²) in [5.74, 6) is -0.815. The molecule has 1 aromatic carbocycles. The van der Waals surface area contributed by atoms with E-state index < -0.39 is 15.6 Å². The molecule has 3 nitrogen and oxygen atoms in total. The molecule has 0 fully saturated rings. The highest BCUT2D eigenvalue weighted by atomic mass is 32.2. The lowest BCUT2D eigenvalue weighted by molar-refractivity contribution is 0.102. The Morgan fingerprint density at radius 2 is 1.76 bits per heavy atom. The van der Waals surface area contributed by atoms with E-state index in [1.54, 1.807) is 25.1 Å². The van der Waals surface area contributed by atoms with E-state index in [1.807, 2.05) is 26.8 Å². The van der Waals surface area contributed by atoms with Gasteiger partial charge in [-0.2, -0.15) is 0 Å². The monoisotopic (exact) mass is 322 g/mol. The lowest BCUT2D eigenvalue weighted by Crippen LogP contribution is -2.17. The summed E-state index contributed by atoms with van der Waals surface area (Å²) in [6.45, 7) is 7.41. The molecule has 0 saturated carbocycles. The van der Waals surface area contributed by atoms with Gasteiger partial charge in [0.2, 0.25) is 0 Å². The van der Waals surface area contributed by atoms with Gasteiger partial charge in [-0.05, 0) is 45.4 Å². The summed E-state index contributed by atoms with van der Waals surface area (Å²) in [4.78, 5) is 14.4. The molecule has 0 saturated heterocycles. The van der Waals surface area contributed by atoms with Crippen LogP contribution in [0.25, 0.3) is 0 Å². The van der Waals surface area contributed by atoms with Gasteiger partial charge in [-0.15, -0.1) is 11.3 Å². The SMILES string of the molecule is Cc1ccc(S(=O)(=O)CC(=O)c2cc(C)sc2C)c(C)c1. The van der Waals surface area contributed by atoms with Gasteiger partial charge >= 0.3 is 0 Å². The minimum absolute atomic E-state index is 0.242. The van der Waals surface area contributed by atoms with E-state index in [-0.39, 0.29) is 10.7 Å². The second kappa shape index (κ2) is 5.73. The lowest BCUT2D eigenvalue weighted by atomic mass is 10.2. The van der Waals surface area contributed by atoms with Gasteiger partial charge in [-0.3, -0.25) is 4.79 Å². The minimum Gasteiger partial charge on any atom is -0.293 e. The molecular weight excluding hydrogens is 304 g/mol. The quantitative estimate of drug-likeness (QED) is 0.808. The average molecular weight is 322 g/mol. The fraction of sp³-hybridized carbons (Fsp3) is 0.312. The molecule has 1 aromatic heterocycles. The number of carbonyl (C=O) groups excluding carboxylic acids is 1. The molecule has 5 heteroatoms. The molecule has 0 bridgehead atoms.